The maximum absolute atomic E-state index is 6.36. The molecule has 0 bridgehead atoms. The van der Waals surface area contributed by atoms with Crippen molar-refractivity contribution >= 4 is 71.6 Å². The second-order valence-corrected chi connectivity index (χ2v) is 12.5. The lowest BCUT2D eigenvalue weighted by atomic mass is 9.99. The highest BCUT2D eigenvalue weighted by Crippen LogP contribution is 2.45. The molecule has 10 rings (SSSR count). The third kappa shape index (κ3) is 4.37. The van der Waals surface area contributed by atoms with Gasteiger partial charge in [-0.2, -0.15) is 0 Å². The molecule has 0 saturated carbocycles. The van der Waals surface area contributed by atoms with Crippen LogP contribution in [0.1, 0.15) is 0 Å². The number of para-hydroxylation sites is 4. The van der Waals surface area contributed by atoms with Gasteiger partial charge in [0.25, 0.3) is 0 Å². The van der Waals surface area contributed by atoms with E-state index in [0.717, 1.165) is 61.3 Å². The molecule has 0 amide bonds. The number of anilines is 3. The summed E-state index contributed by atoms with van der Waals surface area (Å²) in [6, 6.07) is 65.1. The average Bonchev–Trinajstić information content (AvgIpc) is 3.71. The summed E-state index contributed by atoms with van der Waals surface area (Å²) in [7, 11) is 0. The predicted octanol–water partition coefficient (Wildman–Crippen LogP) is 13.0. The summed E-state index contributed by atoms with van der Waals surface area (Å²) in [5.74, 6) is 0. The first-order valence-electron chi connectivity index (χ1n) is 16.7. The normalized spacial score (nSPS) is 11.7. The molecule has 0 saturated heterocycles. The first-order valence-corrected chi connectivity index (χ1v) is 16.7. The van der Waals surface area contributed by atoms with Gasteiger partial charge in [0.05, 0.1) is 22.4 Å². The molecule has 0 aliphatic rings. The van der Waals surface area contributed by atoms with E-state index in [1.54, 1.807) is 0 Å². The molecule has 0 unspecified atom stereocenters. The summed E-state index contributed by atoms with van der Waals surface area (Å²) >= 11 is 0. The van der Waals surface area contributed by atoms with Gasteiger partial charge in [0.2, 0.25) is 0 Å². The Kier molecular flexibility index (Phi) is 6.18. The van der Waals surface area contributed by atoms with Crippen molar-refractivity contribution in [2.45, 2.75) is 0 Å². The third-order valence-corrected chi connectivity index (χ3v) is 9.77. The quantitative estimate of drug-likeness (QED) is 0.190. The molecule has 2 aromatic heterocycles. The maximum Gasteiger partial charge on any atom is 0.136 e. The fourth-order valence-corrected chi connectivity index (χ4v) is 7.57. The Bertz CT molecular complexity index is 2840. The van der Waals surface area contributed by atoms with Gasteiger partial charge >= 0.3 is 0 Å². The van der Waals surface area contributed by atoms with Crippen LogP contribution in [0.5, 0.6) is 0 Å². The van der Waals surface area contributed by atoms with Crippen LogP contribution in [-0.2, 0) is 0 Å². The van der Waals surface area contributed by atoms with E-state index < -0.39 is 0 Å². The summed E-state index contributed by atoms with van der Waals surface area (Å²) < 4.78 is 8.74. The second kappa shape index (κ2) is 11.0. The Morgan fingerprint density at radius 2 is 1.06 bits per heavy atom. The van der Waals surface area contributed by atoms with Crippen molar-refractivity contribution in [3.8, 4) is 16.8 Å². The zero-order valence-corrected chi connectivity index (χ0v) is 26.6. The molecule has 10 aromatic rings. The van der Waals surface area contributed by atoms with Crippen LogP contribution in [0, 0.1) is 0 Å². The second-order valence-electron chi connectivity index (χ2n) is 12.5. The Hall–Kier alpha value is -6.58. The van der Waals surface area contributed by atoms with Crippen LogP contribution in [0.15, 0.2) is 186 Å². The molecule has 3 heteroatoms. The molecule has 0 radical (unpaired) electrons. The number of fused-ring (bicyclic) bond motifs is 7. The van der Waals surface area contributed by atoms with Gasteiger partial charge in [-0.15, -0.1) is 0 Å². The number of hydrogen-bond donors (Lipinski definition) is 0. The van der Waals surface area contributed by atoms with E-state index in [9.17, 15) is 0 Å². The average molecular weight is 627 g/mol. The van der Waals surface area contributed by atoms with Crippen LogP contribution in [0.4, 0.5) is 17.1 Å². The van der Waals surface area contributed by atoms with Crippen LogP contribution in [-0.4, -0.2) is 4.57 Å². The summed E-state index contributed by atoms with van der Waals surface area (Å²) in [5, 5.41) is 7.12. The van der Waals surface area contributed by atoms with Gasteiger partial charge in [0, 0.05) is 43.9 Å². The van der Waals surface area contributed by atoms with E-state index in [0.29, 0.717) is 0 Å². The molecule has 49 heavy (non-hydrogen) atoms. The van der Waals surface area contributed by atoms with Gasteiger partial charge in [0.15, 0.2) is 0 Å². The first-order chi connectivity index (χ1) is 24.3. The molecule has 0 fully saturated rings. The highest BCUT2D eigenvalue weighted by atomic mass is 16.3. The molecule has 0 atom stereocenters. The fourth-order valence-electron chi connectivity index (χ4n) is 7.57. The number of rotatable bonds is 5. The van der Waals surface area contributed by atoms with E-state index >= 15 is 0 Å². The summed E-state index contributed by atoms with van der Waals surface area (Å²) in [4.78, 5) is 2.42. The highest BCUT2D eigenvalue weighted by Gasteiger charge is 2.22. The minimum atomic E-state index is 0.888. The SMILES string of the molecule is c1ccc(-n2c3ccccc3c3ccc(N(c4ccccc4-c4ccc5c(c4)oc4ccccc45)c4cccc5ccccc45)cc32)cc1. The van der Waals surface area contributed by atoms with E-state index in [1.807, 2.05) is 12.1 Å². The monoisotopic (exact) mass is 626 g/mol. The summed E-state index contributed by atoms with van der Waals surface area (Å²) in [6.07, 6.45) is 0. The van der Waals surface area contributed by atoms with Crippen molar-refractivity contribution in [3.05, 3.63) is 182 Å². The van der Waals surface area contributed by atoms with Crippen molar-refractivity contribution in [2.75, 3.05) is 4.90 Å². The Balaban J connectivity index is 1.25. The van der Waals surface area contributed by atoms with Crippen LogP contribution in [0.2, 0.25) is 0 Å². The van der Waals surface area contributed by atoms with Gasteiger partial charge in [-0.3, -0.25) is 0 Å². The molecule has 0 aliphatic carbocycles. The lowest BCUT2D eigenvalue weighted by Crippen LogP contribution is -2.12. The largest absolute Gasteiger partial charge is 0.456 e. The van der Waals surface area contributed by atoms with Crippen molar-refractivity contribution in [1.29, 1.82) is 0 Å². The third-order valence-electron chi connectivity index (χ3n) is 9.77. The molecule has 2 heterocycles. The van der Waals surface area contributed by atoms with E-state index in [-0.39, 0.29) is 0 Å². The molecule has 0 aliphatic heterocycles. The lowest BCUT2D eigenvalue weighted by Gasteiger charge is -2.29. The molecule has 8 aromatic carbocycles. The van der Waals surface area contributed by atoms with E-state index in [1.165, 1.54) is 27.1 Å². The molecular weight excluding hydrogens is 597 g/mol. The van der Waals surface area contributed by atoms with Gasteiger partial charge < -0.3 is 13.9 Å². The minimum absolute atomic E-state index is 0.888. The molecule has 3 nitrogen and oxygen atoms in total. The number of furan rings is 1. The van der Waals surface area contributed by atoms with Crippen molar-refractivity contribution in [2.24, 2.45) is 0 Å². The van der Waals surface area contributed by atoms with E-state index in [2.05, 4.69) is 179 Å². The van der Waals surface area contributed by atoms with E-state index in [4.69, 9.17) is 4.42 Å². The van der Waals surface area contributed by atoms with Crippen molar-refractivity contribution < 1.29 is 4.42 Å². The van der Waals surface area contributed by atoms with Crippen molar-refractivity contribution in [3.63, 3.8) is 0 Å². The molecular formula is C46H30N2O. The number of aromatic nitrogens is 1. The van der Waals surface area contributed by atoms with Gasteiger partial charge in [-0.1, -0.05) is 121 Å². The Morgan fingerprint density at radius 3 is 1.98 bits per heavy atom. The topological polar surface area (TPSA) is 21.3 Å². The predicted molar refractivity (Wildman–Crippen MR) is 206 cm³/mol. The molecule has 0 spiro atoms. The molecule has 230 valence electrons. The number of benzene rings is 8. The minimum Gasteiger partial charge on any atom is -0.456 e. The lowest BCUT2D eigenvalue weighted by molar-refractivity contribution is 0.669. The first kappa shape index (κ1) is 27.5. The Labute approximate surface area is 283 Å². The van der Waals surface area contributed by atoms with Crippen LogP contribution in [0.25, 0.3) is 71.3 Å². The number of hydrogen-bond acceptors (Lipinski definition) is 2. The van der Waals surface area contributed by atoms with Crippen LogP contribution >= 0.6 is 0 Å². The fraction of sp³-hybridized carbons (Fsp3) is 0. The molecule has 0 N–H and O–H groups in total. The zero-order valence-electron chi connectivity index (χ0n) is 26.6. The summed E-state index contributed by atoms with van der Waals surface area (Å²) in [5.41, 5.74) is 10.8. The van der Waals surface area contributed by atoms with Crippen LogP contribution in [0.3, 0.4) is 0 Å². The smallest absolute Gasteiger partial charge is 0.136 e. The maximum atomic E-state index is 6.36. The standard InChI is InChI=1S/C46H30N2O/c1-2-15-33(16-3-1)47-43-22-10-7-19-37(43)38-28-26-34(30-44(38)47)48(42-23-12-14-31-13-4-5-17-35(31)42)41-21-9-6-18-36(41)32-25-27-40-39-20-8-11-24-45(39)49-46(40)29-32/h1-30H. The van der Waals surface area contributed by atoms with Gasteiger partial charge in [0.1, 0.15) is 11.2 Å². The zero-order chi connectivity index (χ0) is 32.3. The van der Waals surface area contributed by atoms with Gasteiger partial charge in [-0.05, 0) is 71.6 Å². The summed E-state index contributed by atoms with van der Waals surface area (Å²) in [6.45, 7) is 0. The van der Waals surface area contributed by atoms with Crippen molar-refractivity contribution in [1.82, 2.24) is 4.57 Å². The van der Waals surface area contributed by atoms with Crippen LogP contribution < -0.4 is 4.90 Å². The number of nitrogens with zero attached hydrogens (tertiary/aromatic N) is 2. The Morgan fingerprint density at radius 1 is 0.408 bits per heavy atom. The highest BCUT2D eigenvalue weighted by molar-refractivity contribution is 6.11. The van der Waals surface area contributed by atoms with Gasteiger partial charge in [-0.25, -0.2) is 0 Å².